The molecule has 0 saturated heterocycles. The van der Waals surface area contributed by atoms with Crippen molar-refractivity contribution < 1.29 is 4.92 Å². The Hall–Kier alpha value is -1.86. The molecule has 2 aromatic rings. The van der Waals surface area contributed by atoms with Crippen LogP contribution in [-0.4, -0.2) is 15.2 Å². The van der Waals surface area contributed by atoms with Gasteiger partial charge in [0, 0.05) is 22.1 Å². The fourth-order valence-corrected chi connectivity index (χ4v) is 7.98. The molecule has 5 rings (SSSR count). The number of thiazole rings is 1. The minimum absolute atomic E-state index is 0.00101. The number of fused-ring (bicyclic) bond motifs is 6. The Kier molecular flexibility index (Phi) is 3.83. The molecule has 5 atom stereocenters. The number of benzene rings is 1. The van der Waals surface area contributed by atoms with E-state index in [2.05, 4.69) is 11.1 Å². The SMILES string of the molecule is O=c1[nH]c2c(s1)[C@H](/C=C/c1ccccc1[N+](=O)[O-])[C@@H]1[C@H]3CC[C@@H](C3)[C@H]1S2. The second-order valence-electron chi connectivity index (χ2n) is 7.40. The van der Waals surface area contributed by atoms with Gasteiger partial charge in [-0.3, -0.25) is 14.9 Å². The number of nitro benzene ring substituents is 1. The van der Waals surface area contributed by atoms with Crippen LogP contribution < -0.4 is 4.87 Å². The zero-order valence-corrected chi connectivity index (χ0v) is 15.6. The molecule has 2 bridgehead atoms. The van der Waals surface area contributed by atoms with Crippen molar-refractivity contribution in [2.75, 3.05) is 0 Å². The molecule has 1 N–H and O–H groups in total. The van der Waals surface area contributed by atoms with E-state index in [-0.39, 0.29) is 21.4 Å². The highest BCUT2D eigenvalue weighted by molar-refractivity contribution is 8.00. The van der Waals surface area contributed by atoms with Gasteiger partial charge in [0.15, 0.2) is 0 Å². The standard InChI is InChI=1S/C19H18N2O3S2/c22-19-20-18-17(26-19)13(15-11-5-6-12(9-11)16(15)25-18)8-7-10-3-1-2-4-14(10)21(23)24/h1-4,7-8,11-13,15-16H,5-6,9H2,(H,20,22)/b8-7+/t11-,12-,13+,15-,16+/m0/s1. The largest absolute Gasteiger partial charge is 0.307 e. The lowest BCUT2D eigenvalue weighted by Crippen LogP contribution is -2.32. The predicted molar refractivity (Wildman–Crippen MR) is 104 cm³/mol. The molecule has 1 aromatic heterocycles. The molecule has 0 unspecified atom stereocenters. The summed E-state index contributed by atoms with van der Waals surface area (Å²) in [6.45, 7) is 0. The minimum atomic E-state index is -0.336. The molecule has 7 heteroatoms. The van der Waals surface area contributed by atoms with E-state index >= 15 is 0 Å². The Morgan fingerprint density at radius 2 is 2.04 bits per heavy atom. The lowest BCUT2D eigenvalue weighted by molar-refractivity contribution is -0.385. The number of nitro groups is 1. The van der Waals surface area contributed by atoms with Crippen molar-refractivity contribution in [2.24, 2.45) is 17.8 Å². The van der Waals surface area contributed by atoms with Crippen LogP contribution in [0.1, 0.15) is 35.6 Å². The molecular formula is C19H18N2O3S2. The summed E-state index contributed by atoms with van der Waals surface area (Å²) in [6.07, 6.45) is 7.86. The fraction of sp³-hybridized carbons (Fsp3) is 0.421. The summed E-state index contributed by atoms with van der Waals surface area (Å²) in [7, 11) is 0. The maximum atomic E-state index is 12.0. The van der Waals surface area contributed by atoms with Gasteiger partial charge in [-0.1, -0.05) is 35.6 Å². The van der Waals surface area contributed by atoms with E-state index in [4.69, 9.17) is 0 Å². The number of H-pyrrole nitrogens is 1. The number of aromatic nitrogens is 1. The quantitative estimate of drug-likeness (QED) is 0.615. The summed E-state index contributed by atoms with van der Waals surface area (Å²) in [4.78, 5) is 27.0. The molecule has 1 aliphatic heterocycles. The van der Waals surface area contributed by atoms with Crippen LogP contribution in [-0.2, 0) is 0 Å². The van der Waals surface area contributed by atoms with Crippen molar-refractivity contribution in [3.05, 3.63) is 60.6 Å². The first-order chi connectivity index (χ1) is 12.6. The Bertz CT molecular complexity index is 964. The molecule has 5 nitrogen and oxygen atoms in total. The van der Waals surface area contributed by atoms with Crippen molar-refractivity contribution >= 4 is 34.9 Å². The molecule has 3 aliphatic rings. The normalized spacial score (nSPS) is 31.9. The summed E-state index contributed by atoms with van der Waals surface area (Å²) in [5.41, 5.74) is 0.751. The zero-order valence-electron chi connectivity index (χ0n) is 14.0. The van der Waals surface area contributed by atoms with Crippen LogP contribution in [0.5, 0.6) is 0 Å². The molecular weight excluding hydrogens is 368 g/mol. The number of hydrogen-bond acceptors (Lipinski definition) is 5. The summed E-state index contributed by atoms with van der Waals surface area (Å²) in [5, 5.41) is 12.9. The van der Waals surface area contributed by atoms with E-state index in [1.807, 2.05) is 23.9 Å². The topological polar surface area (TPSA) is 76.0 Å². The van der Waals surface area contributed by atoms with E-state index in [9.17, 15) is 14.9 Å². The third-order valence-electron chi connectivity index (χ3n) is 6.13. The Balaban J connectivity index is 1.56. The van der Waals surface area contributed by atoms with Crippen molar-refractivity contribution in [3.8, 4) is 0 Å². The van der Waals surface area contributed by atoms with Gasteiger partial charge >= 0.3 is 4.87 Å². The Morgan fingerprint density at radius 1 is 1.23 bits per heavy atom. The van der Waals surface area contributed by atoms with Gasteiger partial charge in [0.05, 0.1) is 15.5 Å². The van der Waals surface area contributed by atoms with E-state index in [0.29, 0.717) is 22.6 Å². The second-order valence-corrected chi connectivity index (χ2v) is 9.60. The van der Waals surface area contributed by atoms with E-state index in [1.54, 1.807) is 12.1 Å². The van der Waals surface area contributed by atoms with E-state index in [0.717, 1.165) is 15.8 Å². The summed E-state index contributed by atoms with van der Waals surface area (Å²) in [5.74, 6) is 2.17. The van der Waals surface area contributed by atoms with Crippen LogP contribution in [0.2, 0.25) is 0 Å². The highest BCUT2D eigenvalue weighted by Gasteiger charge is 2.53. The molecule has 134 valence electrons. The number of para-hydroxylation sites is 1. The van der Waals surface area contributed by atoms with Gasteiger partial charge in [0.2, 0.25) is 0 Å². The molecule has 0 amide bonds. The highest BCUT2D eigenvalue weighted by atomic mass is 32.2. The molecule has 2 fully saturated rings. The third kappa shape index (κ3) is 2.48. The lowest BCUT2D eigenvalue weighted by Gasteiger charge is -2.38. The number of nitrogens with one attached hydrogen (secondary N) is 1. The van der Waals surface area contributed by atoms with Crippen LogP contribution in [0, 0.1) is 27.9 Å². The summed E-state index contributed by atoms with van der Waals surface area (Å²) >= 11 is 3.16. The number of allylic oxidation sites excluding steroid dienone is 1. The number of thioether (sulfide) groups is 1. The van der Waals surface area contributed by atoms with Crippen LogP contribution in [0.25, 0.3) is 6.08 Å². The average molecular weight is 386 g/mol. The van der Waals surface area contributed by atoms with Gasteiger partial charge in [0.25, 0.3) is 5.69 Å². The number of hydrogen-bond donors (Lipinski definition) is 1. The van der Waals surface area contributed by atoms with Crippen molar-refractivity contribution in [3.63, 3.8) is 0 Å². The first kappa shape index (κ1) is 16.3. The number of rotatable bonds is 3. The van der Waals surface area contributed by atoms with Gasteiger partial charge in [-0.15, -0.1) is 11.8 Å². The van der Waals surface area contributed by atoms with Gasteiger partial charge < -0.3 is 4.98 Å². The summed E-state index contributed by atoms with van der Waals surface area (Å²) in [6, 6.07) is 6.83. The zero-order chi connectivity index (χ0) is 17.8. The first-order valence-electron chi connectivity index (χ1n) is 8.93. The van der Waals surface area contributed by atoms with Crippen molar-refractivity contribution in [2.45, 2.75) is 35.5 Å². The van der Waals surface area contributed by atoms with Gasteiger partial charge in [-0.25, -0.2) is 0 Å². The summed E-state index contributed by atoms with van der Waals surface area (Å²) < 4.78 is 0. The number of aromatic amines is 1. The van der Waals surface area contributed by atoms with Crippen molar-refractivity contribution in [1.29, 1.82) is 0 Å². The molecule has 2 saturated carbocycles. The monoisotopic (exact) mass is 386 g/mol. The molecule has 1 aromatic carbocycles. The van der Waals surface area contributed by atoms with Crippen LogP contribution >= 0.6 is 23.1 Å². The molecule has 0 radical (unpaired) electrons. The molecule has 26 heavy (non-hydrogen) atoms. The number of nitrogens with zero attached hydrogens (tertiary/aromatic N) is 1. The second kappa shape index (κ2) is 6.09. The maximum Gasteiger partial charge on any atom is 0.305 e. The minimum Gasteiger partial charge on any atom is -0.307 e. The smallest absolute Gasteiger partial charge is 0.305 e. The van der Waals surface area contributed by atoms with Crippen LogP contribution in [0.15, 0.2) is 40.2 Å². The van der Waals surface area contributed by atoms with Gasteiger partial charge in [-0.2, -0.15) is 0 Å². The molecule has 0 spiro atoms. The fourth-order valence-electron chi connectivity index (χ4n) is 5.12. The van der Waals surface area contributed by atoms with E-state index in [1.165, 1.54) is 36.7 Å². The van der Waals surface area contributed by atoms with Gasteiger partial charge in [0.1, 0.15) is 0 Å². The maximum absolute atomic E-state index is 12.0. The Morgan fingerprint density at radius 3 is 2.88 bits per heavy atom. The first-order valence-corrected chi connectivity index (χ1v) is 10.6. The van der Waals surface area contributed by atoms with E-state index < -0.39 is 0 Å². The van der Waals surface area contributed by atoms with Gasteiger partial charge in [-0.05, 0) is 43.1 Å². The van der Waals surface area contributed by atoms with Crippen molar-refractivity contribution in [1.82, 2.24) is 4.98 Å². The molecule has 2 aliphatic carbocycles. The lowest BCUT2D eigenvalue weighted by atomic mass is 9.77. The van der Waals surface area contributed by atoms with Crippen LogP contribution in [0.3, 0.4) is 0 Å². The average Bonchev–Trinajstić information content (AvgIpc) is 3.32. The van der Waals surface area contributed by atoms with Crippen LogP contribution in [0.4, 0.5) is 5.69 Å². The predicted octanol–water partition coefficient (Wildman–Crippen LogP) is 4.66. The Labute approximate surface area is 158 Å². The highest BCUT2D eigenvalue weighted by Crippen LogP contribution is 2.62. The third-order valence-corrected chi connectivity index (χ3v) is 8.77. The molecule has 2 heterocycles.